The standard InChI is InChI=1S/C18H22N2O4S/c1-4-13-5-7-14(8-6-13)17(21)20(9-10-23-2)11-16-19-15(12-25-16)18(22)24-3/h5-8,12H,4,9-11H2,1-3H3. The summed E-state index contributed by atoms with van der Waals surface area (Å²) in [5.41, 5.74) is 2.06. The maximum atomic E-state index is 12.8. The van der Waals surface area contributed by atoms with Crippen LogP contribution >= 0.6 is 11.3 Å². The van der Waals surface area contributed by atoms with Gasteiger partial charge in [-0.25, -0.2) is 9.78 Å². The van der Waals surface area contributed by atoms with Gasteiger partial charge in [-0.3, -0.25) is 4.79 Å². The number of amides is 1. The lowest BCUT2D eigenvalue weighted by atomic mass is 10.1. The second-order valence-electron chi connectivity index (χ2n) is 5.39. The van der Waals surface area contributed by atoms with Crippen molar-refractivity contribution in [1.82, 2.24) is 9.88 Å². The molecule has 0 saturated heterocycles. The van der Waals surface area contributed by atoms with Gasteiger partial charge in [0.1, 0.15) is 5.01 Å². The third-order valence-corrected chi connectivity index (χ3v) is 4.57. The van der Waals surface area contributed by atoms with Crippen molar-refractivity contribution < 1.29 is 19.1 Å². The van der Waals surface area contributed by atoms with Gasteiger partial charge in [-0.05, 0) is 24.1 Å². The second kappa shape index (κ2) is 9.29. The molecule has 0 bridgehead atoms. The van der Waals surface area contributed by atoms with Crippen molar-refractivity contribution in [2.45, 2.75) is 19.9 Å². The van der Waals surface area contributed by atoms with Gasteiger partial charge >= 0.3 is 5.97 Å². The Bertz CT molecular complexity index is 712. The SMILES string of the molecule is CCc1ccc(C(=O)N(CCOC)Cc2nc(C(=O)OC)cs2)cc1. The van der Waals surface area contributed by atoms with E-state index in [0.29, 0.717) is 30.3 Å². The summed E-state index contributed by atoms with van der Waals surface area (Å²) in [5, 5.41) is 2.31. The van der Waals surface area contributed by atoms with E-state index in [-0.39, 0.29) is 11.6 Å². The Morgan fingerprint density at radius 1 is 1.20 bits per heavy atom. The number of esters is 1. The van der Waals surface area contributed by atoms with Crippen LogP contribution in [0.1, 0.15) is 38.3 Å². The number of aryl methyl sites for hydroxylation is 1. The topological polar surface area (TPSA) is 68.7 Å². The number of hydrogen-bond donors (Lipinski definition) is 0. The smallest absolute Gasteiger partial charge is 0.357 e. The van der Waals surface area contributed by atoms with E-state index in [4.69, 9.17) is 4.74 Å². The lowest BCUT2D eigenvalue weighted by Crippen LogP contribution is -2.33. The average Bonchev–Trinajstić information content (AvgIpc) is 3.12. The molecule has 0 spiro atoms. The van der Waals surface area contributed by atoms with Gasteiger partial charge in [0.25, 0.3) is 5.91 Å². The number of carbonyl (C=O) groups excluding carboxylic acids is 2. The lowest BCUT2D eigenvalue weighted by Gasteiger charge is -2.21. The Hall–Kier alpha value is -2.25. The van der Waals surface area contributed by atoms with Gasteiger partial charge in [0, 0.05) is 24.6 Å². The minimum atomic E-state index is -0.479. The van der Waals surface area contributed by atoms with E-state index in [1.807, 2.05) is 24.3 Å². The van der Waals surface area contributed by atoms with Crippen molar-refractivity contribution in [3.05, 3.63) is 51.5 Å². The summed E-state index contributed by atoms with van der Waals surface area (Å²) in [7, 11) is 2.91. The van der Waals surface area contributed by atoms with Gasteiger partial charge in [0.15, 0.2) is 5.69 Å². The molecule has 0 radical (unpaired) electrons. The number of ether oxygens (including phenoxy) is 2. The monoisotopic (exact) mass is 362 g/mol. The van der Waals surface area contributed by atoms with Crippen LogP contribution in [0, 0.1) is 0 Å². The Morgan fingerprint density at radius 3 is 2.52 bits per heavy atom. The summed E-state index contributed by atoms with van der Waals surface area (Å²) >= 11 is 1.33. The van der Waals surface area contributed by atoms with E-state index >= 15 is 0 Å². The molecule has 7 heteroatoms. The molecule has 0 atom stereocenters. The number of carbonyl (C=O) groups is 2. The minimum Gasteiger partial charge on any atom is -0.464 e. The van der Waals surface area contributed by atoms with Crippen molar-refractivity contribution in [3.63, 3.8) is 0 Å². The van der Waals surface area contributed by atoms with Gasteiger partial charge in [0.2, 0.25) is 0 Å². The molecule has 6 nitrogen and oxygen atoms in total. The predicted molar refractivity (Wildman–Crippen MR) is 95.9 cm³/mol. The molecule has 0 aliphatic heterocycles. The first-order valence-electron chi connectivity index (χ1n) is 7.98. The maximum Gasteiger partial charge on any atom is 0.357 e. The van der Waals surface area contributed by atoms with Crippen LogP contribution in [0.3, 0.4) is 0 Å². The highest BCUT2D eigenvalue weighted by atomic mass is 32.1. The normalized spacial score (nSPS) is 10.5. The Labute approximate surface area is 151 Å². The summed E-state index contributed by atoms with van der Waals surface area (Å²) in [4.78, 5) is 30.2. The molecule has 2 rings (SSSR count). The van der Waals surface area contributed by atoms with Crippen LogP contribution in [0.5, 0.6) is 0 Å². The molecule has 134 valence electrons. The van der Waals surface area contributed by atoms with Crippen LogP contribution in [0.4, 0.5) is 0 Å². The number of methoxy groups -OCH3 is 2. The fraction of sp³-hybridized carbons (Fsp3) is 0.389. The number of nitrogens with zero attached hydrogens (tertiary/aromatic N) is 2. The van der Waals surface area contributed by atoms with Crippen LogP contribution in [-0.2, 0) is 22.4 Å². The molecule has 25 heavy (non-hydrogen) atoms. The van der Waals surface area contributed by atoms with Crippen molar-refractivity contribution in [1.29, 1.82) is 0 Å². The zero-order chi connectivity index (χ0) is 18.2. The molecule has 1 amide bonds. The molecular weight excluding hydrogens is 340 g/mol. The van der Waals surface area contributed by atoms with Gasteiger partial charge in [-0.1, -0.05) is 19.1 Å². The minimum absolute atomic E-state index is 0.0884. The molecule has 0 fully saturated rings. The molecule has 0 aliphatic rings. The van der Waals surface area contributed by atoms with Crippen LogP contribution in [-0.4, -0.2) is 49.1 Å². The summed E-state index contributed by atoms with van der Waals surface area (Å²) in [6.45, 7) is 3.26. The number of rotatable bonds is 8. The summed E-state index contributed by atoms with van der Waals surface area (Å²) in [6.07, 6.45) is 0.928. The highest BCUT2D eigenvalue weighted by molar-refractivity contribution is 7.09. The molecule has 0 unspecified atom stereocenters. The van der Waals surface area contributed by atoms with Crippen LogP contribution in [0.15, 0.2) is 29.6 Å². The summed E-state index contributed by atoms with van der Waals surface area (Å²) in [6, 6.07) is 7.59. The van der Waals surface area contributed by atoms with Crippen LogP contribution < -0.4 is 0 Å². The van der Waals surface area contributed by atoms with E-state index in [9.17, 15) is 9.59 Å². The third kappa shape index (κ3) is 5.11. The van der Waals surface area contributed by atoms with Crippen LogP contribution in [0.25, 0.3) is 0 Å². The van der Waals surface area contributed by atoms with Gasteiger partial charge in [-0.2, -0.15) is 0 Å². The number of aromatic nitrogens is 1. The number of hydrogen-bond acceptors (Lipinski definition) is 6. The molecular formula is C18H22N2O4S. The molecule has 2 aromatic rings. The summed E-state index contributed by atoms with van der Waals surface area (Å²) in [5.74, 6) is -0.568. The van der Waals surface area contributed by atoms with E-state index in [1.165, 1.54) is 24.0 Å². The zero-order valence-corrected chi connectivity index (χ0v) is 15.5. The number of thiazole rings is 1. The Balaban J connectivity index is 2.15. The molecule has 1 aromatic heterocycles. The fourth-order valence-electron chi connectivity index (χ4n) is 2.26. The molecule has 1 aromatic carbocycles. The molecule has 1 heterocycles. The quantitative estimate of drug-likeness (QED) is 0.676. The predicted octanol–water partition coefficient (Wildman–Crippen LogP) is 2.78. The van der Waals surface area contributed by atoms with Crippen LogP contribution in [0.2, 0.25) is 0 Å². The van der Waals surface area contributed by atoms with Gasteiger partial charge < -0.3 is 14.4 Å². The summed E-state index contributed by atoms with van der Waals surface area (Å²) < 4.78 is 9.77. The van der Waals surface area contributed by atoms with Gasteiger partial charge in [0.05, 0.1) is 20.3 Å². The fourth-order valence-corrected chi connectivity index (χ4v) is 3.04. The molecule has 0 saturated carbocycles. The van der Waals surface area contributed by atoms with Gasteiger partial charge in [-0.15, -0.1) is 11.3 Å². The first-order valence-corrected chi connectivity index (χ1v) is 8.86. The maximum absolute atomic E-state index is 12.8. The van der Waals surface area contributed by atoms with E-state index in [2.05, 4.69) is 16.6 Å². The van der Waals surface area contributed by atoms with Crippen molar-refractivity contribution in [2.24, 2.45) is 0 Å². The van der Waals surface area contributed by atoms with Crippen molar-refractivity contribution in [3.8, 4) is 0 Å². The van der Waals surface area contributed by atoms with Crippen molar-refractivity contribution in [2.75, 3.05) is 27.4 Å². The lowest BCUT2D eigenvalue weighted by molar-refractivity contribution is 0.0594. The third-order valence-electron chi connectivity index (χ3n) is 3.73. The van der Waals surface area contributed by atoms with E-state index < -0.39 is 5.97 Å². The average molecular weight is 362 g/mol. The molecule has 0 N–H and O–H groups in total. The Morgan fingerprint density at radius 2 is 1.92 bits per heavy atom. The van der Waals surface area contributed by atoms with Crippen molar-refractivity contribution >= 4 is 23.2 Å². The Kier molecular flexibility index (Phi) is 7.09. The first-order chi connectivity index (χ1) is 12.1. The first kappa shape index (κ1) is 19.1. The van der Waals surface area contributed by atoms with E-state index in [0.717, 1.165) is 6.42 Å². The highest BCUT2D eigenvalue weighted by Gasteiger charge is 2.19. The second-order valence-corrected chi connectivity index (χ2v) is 6.33. The number of benzene rings is 1. The zero-order valence-electron chi connectivity index (χ0n) is 14.7. The highest BCUT2D eigenvalue weighted by Crippen LogP contribution is 2.16. The molecule has 0 aliphatic carbocycles. The van der Waals surface area contributed by atoms with E-state index in [1.54, 1.807) is 17.4 Å². The largest absolute Gasteiger partial charge is 0.464 e.